The molecule has 7 heteroatoms. The van der Waals surface area contributed by atoms with Crippen molar-refractivity contribution in [1.82, 2.24) is 18.7 Å². The molecule has 7 nitrogen and oxygen atoms in total. The van der Waals surface area contributed by atoms with Gasteiger partial charge in [0.2, 0.25) is 0 Å². The topological polar surface area (TPSA) is 87.8 Å². The molecule has 2 aromatic heterocycles. The first-order valence-electron chi connectivity index (χ1n) is 6.93. The Morgan fingerprint density at radius 3 is 2.60 bits per heavy atom. The normalized spacial score (nSPS) is 11.7. The first-order valence-corrected chi connectivity index (χ1v) is 6.93. The van der Waals surface area contributed by atoms with Crippen LogP contribution in [-0.2, 0) is 13.1 Å². The Labute approximate surface area is 116 Å². The second kappa shape index (κ2) is 5.62. The zero-order valence-corrected chi connectivity index (χ0v) is 12.2. The molecule has 0 fully saturated rings. The summed E-state index contributed by atoms with van der Waals surface area (Å²) in [6, 6.07) is -0.0544. The quantitative estimate of drug-likeness (QED) is 0.853. The van der Waals surface area contributed by atoms with Crippen molar-refractivity contribution in [3.8, 4) is 0 Å². The molecular formula is C13H21N5O2. The summed E-state index contributed by atoms with van der Waals surface area (Å²) in [5.41, 5.74) is 5.87. The highest BCUT2D eigenvalue weighted by Crippen LogP contribution is 2.11. The van der Waals surface area contributed by atoms with Crippen molar-refractivity contribution >= 4 is 11.2 Å². The van der Waals surface area contributed by atoms with Gasteiger partial charge in [0.05, 0.1) is 6.33 Å². The van der Waals surface area contributed by atoms with E-state index < -0.39 is 0 Å². The molecule has 0 saturated carbocycles. The Morgan fingerprint density at radius 1 is 1.35 bits per heavy atom. The molecule has 0 unspecified atom stereocenters. The SMILES string of the molecule is CCn1c(=O)c2c(ncn2CCCN)n(C(C)C)c1=O. The van der Waals surface area contributed by atoms with Crippen molar-refractivity contribution in [3.05, 3.63) is 27.2 Å². The van der Waals surface area contributed by atoms with Gasteiger partial charge in [0, 0.05) is 19.1 Å². The van der Waals surface area contributed by atoms with Crippen LogP contribution in [0, 0.1) is 0 Å². The fraction of sp³-hybridized carbons (Fsp3) is 0.615. The van der Waals surface area contributed by atoms with Gasteiger partial charge in [0.15, 0.2) is 11.2 Å². The van der Waals surface area contributed by atoms with Crippen LogP contribution >= 0.6 is 0 Å². The van der Waals surface area contributed by atoms with E-state index in [0.29, 0.717) is 30.8 Å². The third kappa shape index (κ3) is 2.18. The van der Waals surface area contributed by atoms with Gasteiger partial charge < -0.3 is 10.3 Å². The molecular weight excluding hydrogens is 258 g/mol. The third-order valence-corrected chi connectivity index (χ3v) is 3.37. The lowest BCUT2D eigenvalue weighted by molar-refractivity contribution is 0.532. The lowest BCUT2D eigenvalue weighted by Gasteiger charge is -2.13. The molecule has 20 heavy (non-hydrogen) atoms. The maximum Gasteiger partial charge on any atom is 0.332 e. The van der Waals surface area contributed by atoms with Crippen LogP contribution in [0.2, 0.25) is 0 Å². The van der Waals surface area contributed by atoms with Gasteiger partial charge in [-0.1, -0.05) is 0 Å². The molecule has 2 N–H and O–H groups in total. The molecule has 110 valence electrons. The fourth-order valence-electron chi connectivity index (χ4n) is 2.38. The number of nitrogens with two attached hydrogens (primary N) is 1. The first kappa shape index (κ1) is 14.5. The number of hydrogen-bond donors (Lipinski definition) is 1. The number of aromatic nitrogens is 4. The highest BCUT2D eigenvalue weighted by atomic mass is 16.2. The fourth-order valence-corrected chi connectivity index (χ4v) is 2.38. The highest BCUT2D eigenvalue weighted by molar-refractivity contribution is 5.70. The molecule has 0 aliphatic heterocycles. The van der Waals surface area contributed by atoms with Gasteiger partial charge in [0.25, 0.3) is 5.56 Å². The monoisotopic (exact) mass is 279 g/mol. The lowest BCUT2D eigenvalue weighted by atomic mass is 10.3. The predicted molar refractivity (Wildman–Crippen MR) is 78.0 cm³/mol. The predicted octanol–water partition coefficient (Wildman–Crippen LogP) is 0.309. The average molecular weight is 279 g/mol. The first-order chi connectivity index (χ1) is 9.52. The van der Waals surface area contributed by atoms with Crippen LogP contribution in [0.15, 0.2) is 15.9 Å². The largest absolute Gasteiger partial charge is 0.332 e. The number of fused-ring (bicyclic) bond motifs is 1. The summed E-state index contributed by atoms with van der Waals surface area (Å²) in [5.74, 6) is 0. The van der Waals surface area contributed by atoms with Crippen LogP contribution in [0.5, 0.6) is 0 Å². The van der Waals surface area contributed by atoms with Gasteiger partial charge in [-0.2, -0.15) is 0 Å². The minimum atomic E-state index is -0.302. The lowest BCUT2D eigenvalue weighted by Crippen LogP contribution is -2.40. The summed E-state index contributed by atoms with van der Waals surface area (Å²) in [4.78, 5) is 29.1. The Morgan fingerprint density at radius 2 is 2.05 bits per heavy atom. The highest BCUT2D eigenvalue weighted by Gasteiger charge is 2.18. The van der Waals surface area contributed by atoms with Gasteiger partial charge in [-0.3, -0.25) is 13.9 Å². The molecule has 0 aliphatic rings. The molecule has 0 aromatic carbocycles. The summed E-state index contributed by atoms with van der Waals surface area (Å²) in [5, 5.41) is 0. The zero-order chi connectivity index (χ0) is 14.9. The van der Waals surface area contributed by atoms with Crippen molar-refractivity contribution in [2.24, 2.45) is 5.73 Å². The minimum Gasteiger partial charge on any atom is -0.330 e. The van der Waals surface area contributed by atoms with Crippen molar-refractivity contribution < 1.29 is 0 Å². The summed E-state index contributed by atoms with van der Waals surface area (Å²) < 4.78 is 4.61. The van der Waals surface area contributed by atoms with E-state index in [-0.39, 0.29) is 17.3 Å². The van der Waals surface area contributed by atoms with Crippen molar-refractivity contribution in [2.75, 3.05) is 6.54 Å². The number of hydrogen-bond acceptors (Lipinski definition) is 4. The smallest absolute Gasteiger partial charge is 0.330 e. The molecule has 2 aromatic rings. The summed E-state index contributed by atoms with van der Waals surface area (Å²) in [6.07, 6.45) is 2.37. The molecule has 0 amide bonds. The molecule has 0 atom stereocenters. The average Bonchev–Trinajstić information content (AvgIpc) is 2.80. The van der Waals surface area contributed by atoms with E-state index in [9.17, 15) is 9.59 Å². The second-order valence-electron chi connectivity index (χ2n) is 5.05. The van der Waals surface area contributed by atoms with Gasteiger partial charge >= 0.3 is 5.69 Å². The molecule has 2 rings (SSSR count). The molecule has 0 saturated heterocycles. The second-order valence-corrected chi connectivity index (χ2v) is 5.05. The molecule has 0 radical (unpaired) electrons. The van der Waals surface area contributed by atoms with E-state index in [1.54, 1.807) is 22.4 Å². The van der Waals surface area contributed by atoms with Crippen LogP contribution in [0.25, 0.3) is 11.2 Å². The van der Waals surface area contributed by atoms with Crippen molar-refractivity contribution in [3.63, 3.8) is 0 Å². The van der Waals surface area contributed by atoms with E-state index >= 15 is 0 Å². The standard InChI is InChI=1S/C13H21N5O2/c1-4-17-12(19)10-11(18(9(2)3)13(17)20)15-8-16(10)7-5-6-14/h8-9H,4-7,14H2,1-3H3. The molecule has 0 bridgehead atoms. The number of imidazole rings is 1. The van der Waals surface area contributed by atoms with Gasteiger partial charge in [-0.25, -0.2) is 9.78 Å². The van der Waals surface area contributed by atoms with E-state index in [2.05, 4.69) is 4.98 Å². The van der Waals surface area contributed by atoms with E-state index in [0.717, 1.165) is 6.42 Å². The van der Waals surface area contributed by atoms with Crippen LogP contribution in [0.4, 0.5) is 0 Å². The maximum atomic E-state index is 12.5. The van der Waals surface area contributed by atoms with Crippen LogP contribution in [0.3, 0.4) is 0 Å². The van der Waals surface area contributed by atoms with E-state index in [1.807, 2.05) is 13.8 Å². The molecule has 2 heterocycles. The molecule has 0 spiro atoms. The van der Waals surface area contributed by atoms with Gasteiger partial charge in [0.1, 0.15) is 0 Å². The van der Waals surface area contributed by atoms with Crippen molar-refractivity contribution in [1.29, 1.82) is 0 Å². The summed E-state index contributed by atoms with van der Waals surface area (Å²) >= 11 is 0. The Bertz CT molecular complexity index is 723. The van der Waals surface area contributed by atoms with E-state index in [4.69, 9.17) is 5.73 Å². The zero-order valence-electron chi connectivity index (χ0n) is 12.2. The summed E-state index contributed by atoms with van der Waals surface area (Å²) in [6.45, 7) is 7.13. The number of rotatable bonds is 5. The van der Waals surface area contributed by atoms with Crippen LogP contribution in [0.1, 0.15) is 33.2 Å². The summed E-state index contributed by atoms with van der Waals surface area (Å²) in [7, 11) is 0. The minimum absolute atomic E-state index is 0.0544. The van der Waals surface area contributed by atoms with Gasteiger partial charge in [-0.15, -0.1) is 0 Å². The van der Waals surface area contributed by atoms with Crippen LogP contribution < -0.4 is 17.0 Å². The Balaban J connectivity index is 2.83. The van der Waals surface area contributed by atoms with Gasteiger partial charge in [-0.05, 0) is 33.7 Å². The van der Waals surface area contributed by atoms with Crippen molar-refractivity contribution in [2.45, 2.75) is 46.3 Å². The Kier molecular flexibility index (Phi) is 4.08. The van der Waals surface area contributed by atoms with E-state index in [1.165, 1.54) is 4.57 Å². The number of aryl methyl sites for hydroxylation is 1. The molecule has 0 aliphatic carbocycles. The van der Waals surface area contributed by atoms with Crippen LogP contribution in [-0.4, -0.2) is 25.2 Å². The maximum absolute atomic E-state index is 12.5. The Hall–Kier alpha value is -1.89. The third-order valence-electron chi connectivity index (χ3n) is 3.37. The number of nitrogens with zero attached hydrogens (tertiary/aromatic N) is 4.